The summed E-state index contributed by atoms with van der Waals surface area (Å²) in [5.74, 6) is 0.659. The van der Waals surface area contributed by atoms with Crippen molar-refractivity contribution in [3.05, 3.63) is 202 Å². The number of fused-ring (bicyclic) bond motifs is 3. The molecule has 45 heavy (non-hydrogen) atoms. The maximum Gasteiger partial charge on any atom is 0.0713 e. The van der Waals surface area contributed by atoms with E-state index >= 15 is 0 Å². The monoisotopic (exact) mass is 588 g/mol. The Hall–Kier alpha value is -4.68. The van der Waals surface area contributed by atoms with Gasteiger partial charge in [0.2, 0.25) is 0 Å². The lowest BCUT2D eigenvalue weighted by Crippen LogP contribution is -2.28. The van der Waals surface area contributed by atoms with E-state index in [0.29, 0.717) is 5.92 Å². The molecule has 0 aromatic heterocycles. The Kier molecular flexibility index (Phi) is 11.7. The van der Waals surface area contributed by atoms with Crippen molar-refractivity contribution in [2.45, 2.75) is 59.8 Å². The molecule has 0 bridgehead atoms. The summed E-state index contributed by atoms with van der Waals surface area (Å²) < 4.78 is 0. The molecule has 0 spiro atoms. The maximum atomic E-state index is 2.37. The van der Waals surface area contributed by atoms with E-state index in [-0.39, 0.29) is 5.41 Å². The summed E-state index contributed by atoms with van der Waals surface area (Å²) in [5.41, 5.74) is 13.2. The van der Waals surface area contributed by atoms with Crippen molar-refractivity contribution in [2.75, 3.05) is 0 Å². The molecule has 0 saturated carbocycles. The van der Waals surface area contributed by atoms with Crippen LogP contribution >= 0.6 is 0 Å². The van der Waals surface area contributed by atoms with E-state index in [9.17, 15) is 0 Å². The molecule has 0 N–H and O–H groups in total. The average Bonchev–Trinajstić information content (AvgIpc) is 3.39. The van der Waals surface area contributed by atoms with Gasteiger partial charge in [-0.05, 0) is 65.6 Å². The summed E-state index contributed by atoms with van der Waals surface area (Å²) in [6.45, 7) is 14.8. The van der Waals surface area contributed by atoms with E-state index < -0.39 is 0 Å². The van der Waals surface area contributed by atoms with Gasteiger partial charge in [0.15, 0.2) is 0 Å². The first-order valence-corrected chi connectivity index (χ1v) is 16.3. The third-order valence-electron chi connectivity index (χ3n) is 8.30. The molecule has 228 valence electrons. The van der Waals surface area contributed by atoms with Crippen molar-refractivity contribution >= 4 is 0 Å². The maximum absolute atomic E-state index is 2.37. The van der Waals surface area contributed by atoms with E-state index in [0.717, 1.165) is 0 Å². The van der Waals surface area contributed by atoms with Crippen molar-refractivity contribution in [1.29, 1.82) is 0 Å². The summed E-state index contributed by atoms with van der Waals surface area (Å²) in [5, 5.41) is 0. The van der Waals surface area contributed by atoms with Gasteiger partial charge in [-0.3, -0.25) is 0 Å². The molecule has 6 aromatic rings. The van der Waals surface area contributed by atoms with Gasteiger partial charge in [0.05, 0.1) is 5.41 Å². The molecule has 0 amide bonds. The van der Waals surface area contributed by atoms with Gasteiger partial charge in [-0.1, -0.05) is 202 Å². The highest BCUT2D eigenvalue weighted by Crippen LogP contribution is 2.56. The average molecular weight is 589 g/mol. The fourth-order valence-electron chi connectivity index (χ4n) is 6.03. The molecule has 6 aromatic carbocycles. The van der Waals surface area contributed by atoms with Crippen LogP contribution in [0.1, 0.15) is 78.1 Å². The van der Waals surface area contributed by atoms with Crippen molar-refractivity contribution in [3.63, 3.8) is 0 Å². The molecule has 0 fully saturated rings. The van der Waals surface area contributed by atoms with Crippen LogP contribution in [0.2, 0.25) is 0 Å². The molecule has 0 atom stereocenters. The highest BCUT2D eigenvalue weighted by molar-refractivity contribution is 5.86. The van der Waals surface area contributed by atoms with E-state index in [4.69, 9.17) is 0 Å². The minimum Gasteiger partial charge on any atom is -0.0683 e. The molecule has 0 saturated heterocycles. The molecular formula is C45H48. The lowest BCUT2D eigenvalue weighted by atomic mass is 9.67. The molecule has 0 aliphatic heterocycles. The van der Waals surface area contributed by atoms with Gasteiger partial charge in [0.1, 0.15) is 0 Å². The minimum absolute atomic E-state index is 0.263. The van der Waals surface area contributed by atoms with Gasteiger partial charge in [0, 0.05) is 0 Å². The van der Waals surface area contributed by atoms with Crippen LogP contribution in [0.3, 0.4) is 0 Å². The van der Waals surface area contributed by atoms with Gasteiger partial charge in [-0.2, -0.15) is 0 Å². The standard InChI is InChI=1S/C26H20.C9H12.C8H10.C2H6/c1-19-16-17-23-22-14-8-9-15-24(22)26(25(23)18-19,20-10-4-2-5-11-20)21-12-6-3-7-13-21;1-8(2)9-6-4-3-5-7-9;1-7-3-5-8(2)6-4-7;1-2/h2-18H,1H3;3-8H,1-2H3;3-6H,1-2H3;1-2H3. The zero-order chi connectivity index (χ0) is 32.2. The fourth-order valence-corrected chi connectivity index (χ4v) is 6.03. The molecule has 1 aliphatic rings. The number of benzene rings is 6. The Bertz CT molecular complexity index is 1670. The van der Waals surface area contributed by atoms with Crippen LogP contribution in [0.5, 0.6) is 0 Å². The Balaban J connectivity index is 0.000000199. The molecule has 0 unspecified atom stereocenters. The number of hydrogen-bond donors (Lipinski definition) is 0. The van der Waals surface area contributed by atoms with Crippen LogP contribution in [0.4, 0.5) is 0 Å². The van der Waals surface area contributed by atoms with E-state index in [1.165, 1.54) is 55.6 Å². The summed E-state index contributed by atoms with van der Waals surface area (Å²) in [6, 6.07) is 56.6. The Morgan fingerprint density at radius 3 is 1.27 bits per heavy atom. The highest BCUT2D eigenvalue weighted by atomic mass is 14.5. The number of aryl methyl sites for hydroxylation is 3. The lowest BCUT2D eigenvalue weighted by Gasteiger charge is -2.34. The quantitative estimate of drug-likeness (QED) is 0.193. The molecule has 7 rings (SSSR count). The summed E-state index contributed by atoms with van der Waals surface area (Å²) in [6.07, 6.45) is 0. The van der Waals surface area contributed by atoms with Gasteiger partial charge in [-0.15, -0.1) is 0 Å². The van der Waals surface area contributed by atoms with Crippen LogP contribution < -0.4 is 0 Å². The second-order valence-corrected chi connectivity index (χ2v) is 11.8. The number of hydrogen-bond acceptors (Lipinski definition) is 0. The molecule has 0 radical (unpaired) electrons. The molecule has 0 heterocycles. The van der Waals surface area contributed by atoms with Crippen molar-refractivity contribution < 1.29 is 0 Å². The molecule has 0 nitrogen and oxygen atoms in total. The van der Waals surface area contributed by atoms with Gasteiger partial charge >= 0.3 is 0 Å². The zero-order valence-corrected chi connectivity index (χ0v) is 28.1. The largest absolute Gasteiger partial charge is 0.0713 e. The van der Waals surface area contributed by atoms with Gasteiger partial charge in [0.25, 0.3) is 0 Å². The zero-order valence-electron chi connectivity index (χ0n) is 28.1. The van der Waals surface area contributed by atoms with Crippen molar-refractivity contribution in [2.24, 2.45) is 0 Å². The predicted molar refractivity (Wildman–Crippen MR) is 196 cm³/mol. The first-order chi connectivity index (χ1) is 21.9. The lowest BCUT2D eigenvalue weighted by molar-refractivity contribution is 0.767. The third-order valence-corrected chi connectivity index (χ3v) is 8.30. The normalized spacial score (nSPS) is 11.8. The Morgan fingerprint density at radius 2 is 0.800 bits per heavy atom. The van der Waals surface area contributed by atoms with E-state index in [2.05, 4.69) is 186 Å². The topological polar surface area (TPSA) is 0 Å². The first-order valence-electron chi connectivity index (χ1n) is 16.3. The van der Waals surface area contributed by atoms with Gasteiger partial charge < -0.3 is 0 Å². The van der Waals surface area contributed by atoms with Gasteiger partial charge in [-0.25, -0.2) is 0 Å². The predicted octanol–water partition coefficient (Wildman–Crippen LogP) is 12.5. The van der Waals surface area contributed by atoms with Crippen LogP contribution in [-0.2, 0) is 5.41 Å². The van der Waals surface area contributed by atoms with Crippen LogP contribution in [0.15, 0.2) is 158 Å². The number of rotatable bonds is 3. The van der Waals surface area contributed by atoms with E-state index in [1.807, 2.05) is 19.9 Å². The van der Waals surface area contributed by atoms with Crippen LogP contribution in [0, 0.1) is 20.8 Å². The minimum atomic E-state index is -0.263. The SMILES string of the molecule is CC.CC(C)c1ccccc1.Cc1ccc(C)cc1.Cc1ccc2c(c1)C(c1ccccc1)(c1ccccc1)c1ccccc1-2. The summed E-state index contributed by atoms with van der Waals surface area (Å²) in [4.78, 5) is 0. The first kappa shape index (κ1) is 33.2. The van der Waals surface area contributed by atoms with Crippen molar-refractivity contribution in [1.82, 2.24) is 0 Å². The van der Waals surface area contributed by atoms with E-state index in [1.54, 1.807) is 0 Å². The highest BCUT2D eigenvalue weighted by Gasteiger charge is 2.45. The smallest absolute Gasteiger partial charge is 0.0683 e. The second kappa shape index (κ2) is 15.9. The Morgan fingerprint density at radius 1 is 0.400 bits per heavy atom. The van der Waals surface area contributed by atoms with Crippen LogP contribution in [-0.4, -0.2) is 0 Å². The molecule has 0 heteroatoms. The van der Waals surface area contributed by atoms with Crippen LogP contribution in [0.25, 0.3) is 11.1 Å². The van der Waals surface area contributed by atoms with Crippen molar-refractivity contribution in [3.8, 4) is 11.1 Å². The Labute approximate surface area is 272 Å². The summed E-state index contributed by atoms with van der Waals surface area (Å²) in [7, 11) is 0. The third kappa shape index (κ3) is 7.52. The fraction of sp³-hybridized carbons (Fsp3) is 0.200. The summed E-state index contributed by atoms with van der Waals surface area (Å²) >= 11 is 0. The molecular weight excluding hydrogens is 540 g/mol. The molecule has 1 aliphatic carbocycles. The second-order valence-electron chi connectivity index (χ2n) is 11.8.